The highest BCUT2D eigenvalue weighted by atomic mass is 14.8. The van der Waals surface area contributed by atoms with Gasteiger partial charge in [0.15, 0.2) is 0 Å². The first-order valence-corrected chi connectivity index (χ1v) is 5.44. The lowest BCUT2D eigenvalue weighted by Gasteiger charge is -2.24. The van der Waals surface area contributed by atoms with Gasteiger partial charge in [-0.3, -0.25) is 0 Å². The van der Waals surface area contributed by atoms with Crippen LogP contribution in [0.5, 0.6) is 0 Å². The highest BCUT2D eigenvalue weighted by molar-refractivity contribution is 4.75. The van der Waals surface area contributed by atoms with E-state index in [-0.39, 0.29) is 0 Å². The second-order valence-corrected chi connectivity index (χ2v) is 4.49. The lowest BCUT2D eigenvalue weighted by Crippen LogP contribution is -2.22. The molecule has 0 aliphatic carbocycles. The molecule has 78 valence electrons. The third kappa shape index (κ3) is 8.04. The van der Waals surface area contributed by atoms with E-state index >= 15 is 0 Å². The molecule has 1 nitrogen and oxygen atoms in total. The highest BCUT2D eigenvalue weighted by Crippen LogP contribution is 2.25. The number of allylic oxidation sites excluding steroid dienone is 1. The summed E-state index contributed by atoms with van der Waals surface area (Å²) in [6.45, 7) is 12.9. The standard InChI is InChI=1S/C12H25N/c1-5-7-8-12(3,4)9-11-13-10-6-2/h5,13H,1,6-11H2,2-4H3. The van der Waals surface area contributed by atoms with E-state index in [1.54, 1.807) is 0 Å². The van der Waals surface area contributed by atoms with E-state index in [1.807, 2.05) is 6.08 Å². The zero-order valence-electron chi connectivity index (χ0n) is 9.53. The summed E-state index contributed by atoms with van der Waals surface area (Å²) in [5, 5.41) is 3.44. The Balaban J connectivity index is 3.44. The van der Waals surface area contributed by atoms with Crippen molar-refractivity contribution < 1.29 is 0 Å². The van der Waals surface area contributed by atoms with E-state index in [4.69, 9.17) is 0 Å². The van der Waals surface area contributed by atoms with Gasteiger partial charge in [-0.05, 0) is 44.2 Å². The summed E-state index contributed by atoms with van der Waals surface area (Å²) >= 11 is 0. The number of hydrogen-bond donors (Lipinski definition) is 1. The van der Waals surface area contributed by atoms with Gasteiger partial charge in [0.1, 0.15) is 0 Å². The van der Waals surface area contributed by atoms with E-state index in [0.29, 0.717) is 5.41 Å². The average Bonchev–Trinajstić information content (AvgIpc) is 2.09. The van der Waals surface area contributed by atoms with Crippen LogP contribution in [-0.4, -0.2) is 13.1 Å². The van der Waals surface area contributed by atoms with Crippen LogP contribution in [0.1, 0.15) is 46.5 Å². The molecule has 0 amide bonds. The molecule has 0 unspecified atom stereocenters. The van der Waals surface area contributed by atoms with Crippen LogP contribution in [0, 0.1) is 5.41 Å². The quantitative estimate of drug-likeness (QED) is 0.449. The van der Waals surface area contributed by atoms with Crippen molar-refractivity contribution in [1.29, 1.82) is 0 Å². The Morgan fingerprint density at radius 1 is 1.23 bits per heavy atom. The van der Waals surface area contributed by atoms with Crippen LogP contribution in [0.4, 0.5) is 0 Å². The molecule has 0 aliphatic heterocycles. The first-order chi connectivity index (χ1) is 6.12. The largest absolute Gasteiger partial charge is 0.317 e. The van der Waals surface area contributed by atoms with Gasteiger partial charge in [0.2, 0.25) is 0 Å². The molecule has 0 atom stereocenters. The maximum absolute atomic E-state index is 3.76. The van der Waals surface area contributed by atoms with Gasteiger partial charge in [-0.15, -0.1) is 6.58 Å². The van der Waals surface area contributed by atoms with Crippen molar-refractivity contribution >= 4 is 0 Å². The van der Waals surface area contributed by atoms with Crippen molar-refractivity contribution in [2.45, 2.75) is 46.5 Å². The van der Waals surface area contributed by atoms with E-state index in [1.165, 1.54) is 19.3 Å². The molecule has 0 saturated carbocycles. The summed E-state index contributed by atoms with van der Waals surface area (Å²) in [5.41, 5.74) is 0.467. The molecule has 0 saturated heterocycles. The Labute approximate surface area is 83.6 Å². The maximum Gasteiger partial charge on any atom is -0.00438 e. The van der Waals surface area contributed by atoms with E-state index in [0.717, 1.165) is 19.5 Å². The van der Waals surface area contributed by atoms with Crippen LogP contribution >= 0.6 is 0 Å². The van der Waals surface area contributed by atoms with Crippen LogP contribution < -0.4 is 5.32 Å². The Bertz CT molecular complexity index is 127. The molecular weight excluding hydrogens is 158 g/mol. The summed E-state index contributed by atoms with van der Waals surface area (Å²) < 4.78 is 0. The van der Waals surface area contributed by atoms with Crippen molar-refractivity contribution in [3.8, 4) is 0 Å². The zero-order valence-corrected chi connectivity index (χ0v) is 9.53. The lowest BCUT2D eigenvalue weighted by atomic mass is 9.84. The average molecular weight is 183 g/mol. The van der Waals surface area contributed by atoms with Crippen molar-refractivity contribution in [3.05, 3.63) is 12.7 Å². The minimum Gasteiger partial charge on any atom is -0.317 e. The second kappa shape index (κ2) is 7.14. The number of rotatable bonds is 8. The summed E-state index contributed by atoms with van der Waals surface area (Å²) in [7, 11) is 0. The number of hydrogen-bond acceptors (Lipinski definition) is 1. The predicted molar refractivity (Wildman–Crippen MR) is 61.0 cm³/mol. The monoisotopic (exact) mass is 183 g/mol. The fourth-order valence-corrected chi connectivity index (χ4v) is 1.35. The van der Waals surface area contributed by atoms with Gasteiger partial charge in [-0.25, -0.2) is 0 Å². The molecule has 0 rings (SSSR count). The molecule has 1 heteroatoms. The molecule has 1 N–H and O–H groups in total. The molecule has 0 aromatic rings. The third-order valence-electron chi connectivity index (χ3n) is 2.43. The van der Waals surface area contributed by atoms with Crippen LogP contribution in [-0.2, 0) is 0 Å². The minimum atomic E-state index is 0.467. The molecule has 0 bridgehead atoms. The fraction of sp³-hybridized carbons (Fsp3) is 0.833. The van der Waals surface area contributed by atoms with Gasteiger partial charge >= 0.3 is 0 Å². The molecule has 0 heterocycles. The summed E-state index contributed by atoms with van der Waals surface area (Å²) in [5.74, 6) is 0. The van der Waals surface area contributed by atoms with Gasteiger partial charge in [0, 0.05) is 0 Å². The Kier molecular flexibility index (Phi) is 6.97. The molecule has 0 spiro atoms. The first-order valence-electron chi connectivity index (χ1n) is 5.44. The third-order valence-corrected chi connectivity index (χ3v) is 2.43. The Morgan fingerprint density at radius 2 is 1.92 bits per heavy atom. The second-order valence-electron chi connectivity index (χ2n) is 4.49. The molecule has 0 aromatic carbocycles. The van der Waals surface area contributed by atoms with Crippen LogP contribution in [0.25, 0.3) is 0 Å². The summed E-state index contributed by atoms with van der Waals surface area (Å²) in [4.78, 5) is 0. The van der Waals surface area contributed by atoms with Crippen molar-refractivity contribution in [2.75, 3.05) is 13.1 Å². The van der Waals surface area contributed by atoms with E-state index in [2.05, 4.69) is 32.7 Å². The number of nitrogens with one attached hydrogen (secondary N) is 1. The fourth-order valence-electron chi connectivity index (χ4n) is 1.35. The van der Waals surface area contributed by atoms with Gasteiger partial charge in [-0.2, -0.15) is 0 Å². The SMILES string of the molecule is C=CCCC(C)(C)CCNCCC. The van der Waals surface area contributed by atoms with Crippen LogP contribution in [0.15, 0.2) is 12.7 Å². The minimum absolute atomic E-state index is 0.467. The Hall–Kier alpha value is -0.300. The molecule has 0 aliphatic rings. The molecule has 0 aromatic heterocycles. The smallest absolute Gasteiger partial charge is 0.00438 e. The Morgan fingerprint density at radius 3 is 2.46 bits per heavy atom. The van der Waals surface area contributed by atoms with Crippen molar-refractivity contribution in [2.24, 2.45) is 5.41 Å². The van der Waals surface area contributed by atoms with Gasteiger partial charge < -0.3 is 5.32 Å². The predicted octanol–water partition coefficient (Wildman–Crippen LogP) is 3.37. The van der Waals surface area contributed by atoms with Gasteiger partial charge in [-0.1, -0.05) is 26.8 Å². The van der Waals surface area contributed by atoms with Crippen molar-refractivity contribution in [3.63, 3.8) is 0 Å². The first kappa shape index (κ1) is 12.7. The molecule has 13 heavy (non-hydrogen) atoms. The normalized spacial score (nSPS) is 11.6. The van der Waals surface area contributed by atoms with E-state index < -0.39 is 0 Å². The molecule has 0 fully saturated rings. The lowest BCUT2D eigenvalue weighted by molar-refractivity contribution is 0.305. The van der Waals surface area contributed by atoms with Crippen LogP contribution in [0.2, 0.25) is 0 Å². The van der Waals surface area contributed by atoms with Gasteiger partial charge in [0.05, 0.1) is 0 Å². The molecular formula is C12H25N. The molecule has 0 radical (unpaired) electrons. The van der Waals surface area contributed by atoms with Crippen LogP contribution in [0.3, 0.4) is 0 Å². The van der Waals surface area contributed by atoms with Crippen molar-refractivity contribution in [1.82, 2.24) is 5.32 Å². The van der Waals surface area contributed by atoms with Gasteiger partial charge in [0.25, 0.3) is 0 Å². The summed E-state index contributed by atoms with van der Waals surface area (Å²) in [6.07, 6.45) is 6.90. The summed E-state index contributed by atoms with van der Waals surface area (Å²) in [6, 6.07) is 0. The van der Waals surface area contributed by atoms with E-state index in [9.17, 15) is 0 Å². The highest BCUT2D eigenvalue weighted by Gasteiger charge is 2.15. The zero-order chi connectivity index (χ0) is 10.2. The topological polar surface area (TPSA) is 12.0 Å². The maximum atomic E-state index is 3.76.